The van der Waals surface area contributed by atoms with Gasteiger partial charge in [-0.1, -0.05) is 12.1 Å². The van der Waals surface area contributed by atoms with Gasteiger partial charge in [0.05, 0.1) is 5.56 Å². The molecule has 0 saturated heterocycles. The second-order valence-corrected chi connectivity index (χ2v) is 3.65. The Morgan fingerprint density at radius 2 is 2.00 bits per heavy atom. The highest BCUT2D eigenvalue weighted by atomic mass is 35.5. The maximum atomic E-state index is 13.8. The van der Waals surface area contributed by atoms with Crippen LogP contribution in [0.15, 0.2) is 18.2 Å². The molecular formula is C11H14ClF3N2O. The molecule has 0 saturated carbocycles. The molecule has 0 heterocycles. The summed E-state index contributed by atoms with van der Waals surface area (Å²) in [6.45, 7) is 1.47. The van der Waals surface area contributed by atoms with Crippen LogP contribution in [0, 0.1) is 5.82 Å². The van der Waals surface area contributed by atoms with Crippen molar-refractivity contribution in [1.29, 1.82) is 0 Å². The Kier molecular flexibility index (Phi) is 5.63. The molecule has 0 bridgehead atoms. The minimum atomic E-state index is -3.91. The number of amides is 1. The number of likely N-dealkylation sites (N-methyl/N-ethyl adjacent to an activating group) is 1. The Morgan fingerprint density at radius 3 is 2.44 bits per heavy atom. The molecule has 0 radical (unpaired) electrons. The van der Waals surface area contributed by atoms with E-state index in [1.165, 1.54) is 19.1 Å². The molecule has 3 nitrogen and oxygen atoms in total. The number of rotatable bonds is 3. The average molecular weight is 283 g/mol. The van der Waals surface area contributed by atoms with E-state index >= 15 is 0 Å². The molecule has 0 fully saturated rings. The van der Waals surface area contributed by atoms with Crippen molar-refractivity contribution in [3.63, 3.8) is 0 Å². The minimum absolute atomic E-state index is 0. The first kappa shape index (κ1) is 16.7. The summed E-state index contributed by atoms with van der Waals surface area (Å²) in [5, 5.41) is 1.79. The molecule has 1 unspecified atom stereocenters. The van der Waals surface area contributed by atoms with Crippen LogP contribution in [0.4, 0.5) is 13.2 Å². The molecule has 1 aromatic carbocycles. The highest BCUT2D eigenvalue weighted by Gasteiger charge is 2.43. The number of carbonyl (C=O) groups excluding carboxylic acids is 1. The highest BCUT2D eigenvalue weighted by Crippen LogP contribution is 2.32. The topological polar surface area (TPSA) is 55.1 Å². The van der Waals surface area contributed by atoms with Crippen LogP contribution >= 0.6 is 12.4 Å². The summed E-state index contributed by atoms with van der Waals surface area (Å²) in [6, 6.07) is 2.70. The van der Waals surface area contributed by atoms with Gasteiger partial charge >= 0.3 is 5.92 Å². The van der Waals surface area contributed by atoms with Crippen molar-refractivity contribution < 1.29 is 18.0 Å². The fourth-order valence-corrected chi connectivity index (χ4v) is 1.42. The lowest BCUT2D eigenvalue weighted by Gasteiger charge is -2.18. The van der Waals surface area contributed by atoms with Crippen LogP contribution in [0.5, 0.6) is 0 Å². The van der Waals surface area contributed by atoms with Gasteiger partial charge in [0, 0.05) is 18.7 Å². The molecule has 0 spiro atoms. The van der Waals surface area contributed by atoms with E-state index < -0.39 is 29.3 Å². The molecule has 0 aliphatic rings. The standard InChI is InChI=1S/C11H13F3N2O.ClH/c1-6(15)7-4-3-5-8(9(7)12)11(13,14)10(17)16-2;/h3-6H,15H2,1-2H3,(H,16,17);1H. The SMILES string of the molecule is CNC(=O)C(F)(F)c1cccc(C(C)N)c1F.Cl. The Morgan fingerprint density at radius 1 is 1.44 bits per heavy atom. The van der Waals surface area contributed by atoms with Crippen LogP contribution in [0.25, 0.3) is 0 Å². The molecule has 1 amide bonds. The van der Waals surface area contributed by atoms with Gasteiger partial charge in [-0.05, 0) is 13.0 Å². The summed E-state index contributed by atoms with van der Waals surface area (Å²) in [5.74, 6) is -6.61. The lowest BCUT2D eigenvalue weighted by Crippen LogP contribution is -2.36. The summed E-state index contributed by atoms with van der Waals surface area (Å²) in [4.78, 5) is 11.0. The van der Waals surface area contributed by atoms with Crippen LogP contribution in [-0.2, 0) is 10.7 Å². The van der Waals surface area contributed by atoms with Crippen molar-refractivity contribution in [2.24, 2.45) is 5.73 Å². The summed E-state index contributed by atoms with van der Waals surface area (Å²) in [5.41, 5.74) is 4.43. The van der Waals surface area contributed by atoms with Crippen molar-refractivity contribution in [2.75, 3.05) is 7.05 Å². The molecule has 1 aromatic rings. The fraction of sp³-hybridized carbons (Fsp3) is 0.364. The van der Waals surface area contributed by atoms with Gasteiger partial charge in [0.1, 0.15) is 5.82 Å². The summed E-state index contributed by atoms with van der Waals surface area (Å²) in [6.07, 6.45) is 0. The number of nitrogens with two attached hydrogens (primary N) is 1. The van der Waals surface area contributed by atoms with Gasteiger partial charge in [0.2, 0.25) is 0 Å². The Labute approximate surface area is 109 Å². The van der Waals surface area contributed by atoms with Gasteiger partial charge in [-0.3, -0.25) is 4.79 Å². The first-order chi connectivity index (χ1) is 7.82. The lowest BCUT2D eigenvalue weighted by atomic mass is 10.00. The fourth-order valence-electron chi connectivity index (χ4n) is 1.42. The summed E-state index contributed by atoms with van der Waals surface area (Å²) in [7, 11) is 1.06. The highest BCUT2D eigenvalue weighted by molar-refractivity contribution is 5.85. The quantitative estimate of drug-likeness (QED) is 0.892. The average Bonchev–Trinajstić information content (AvgIpc) is 2.27. The van der Waals surface area contributed by atoms with Crippen molar-refractivity contribution in [1.82, 2.24) is 5.32 Å². The van der Waals surface area contributed by atoms with Gasteiger partial charge in [-0.2, -0.15) is 8.78 Å². The van der Waals surface area contributed by atoms with Crippen LogP contribution in [0.2, 0.25) is 0 Å². The zero-order valence-corrected chi connectivity index (χ0v) is 10.7. The van der Waals surface area contributed by atoms with Gasteiger partial charge in [0.25, 0.3) is 5.91 Å². The largest absolute Gasteiger partial charge is 0.354 e. The number of carbonyl (C=O) groups is 1. The van der Waals surface area contributed by atoms with Crippen LogP contribution in [-0.4, -0.2) is 13.0 Å². The second-order valence-electron chi connectivity index (χ2n) is 3.65. The van der Waals surface area contributed by atoms with E-state index in [0.29, 0.717) is 0 Å². The molecule has 7 heteroatoms. The number of hydrogen-bond donors (Lipinski definition) is 2. The summed E-state index contributed by atoms with van der Waals surface area (Å²) < 4.78 is 40.9. The van der Waals surface area contributed by atoms with E-state index in [2.05, 4.69) is 0 Å². The molecule has 1 rings (SSSR count). The molecule has 0 aromatic heterocycles. The van der Waals surface area contributed by atoms with Crippen LogP contribution < -0.4 is 11.1 Å². The third kappa shape index (κ3) is 2.94. The van der Waals surface area contributed by atoms with Crippen molar-refractivity contribution in [3.05, 3.63) is 35.1 Å². The van der Waals surface area contributed by atoms with E-state index in [1.54, 1.807) is 5.32 Å². The second kappa shape index (κ2) is 6.06. The molecule has 102 valence electrons. The Hall–Kier alpha value is -1.27. The monoisotopic (exact) mass is 282 g/mol. The Balaban J connectivity index is 0.00000289. The molecule has 0 aliphatic heterocycles. The molecule has 0 aliphatic carbocycles. The predicted octanol–water partition coefficient (Wildman–Crippen LogP) is 2.10. The maximum absolute atomic E-state index is 13.8. The number of alkyl halides is 2. The Bertz CT molecular complexity index is 438. The van der Waals surface area contributed by atoms with Gasteiger partial charge in [-0.15, -0.1) is 12.4 Å². The zero-order valence-electron chi connectivity index (χ0n) is 9.84. The van der Waals surface area contributed by atoms with Gasteiger partial charge < -0.3 is 11.1 Å². The van der Waals surface area contributed by atoms with Crippen molar-refractivity contribution >= 4 is 18.3 Å². The third-order valence-corrected chi connectivity index (χ3v) is 2.37. The van der Waals surface area contributed by atoms with Gasteiger partial charge in [-0.25, -0.2) is 4.39 Å². The van der Waals surface area contributed by atoms with Crippen molar-refractivity contribution in [2.45, 2.75) is 18.9 Å². The number of benzene rings is 1. The van der Waals surface area contributed by atoms with E-state index in [4.69, 9.17) is 5.73 Å². The predicted molar refractivity (Wildman–Crippen MR) is 64.2 cm³/mol. The van der Waals surface area contributed by atoms with E-state index in [1.807, 2.05) is 0 Å². The van der Waals surface area contributed by atoms with E-state index in [-0.39, 0.29) is 18.0 Å². The van der Waals surface area contributed by atoms with E-state index in [9.17, 15) is 18.0 Å². The smallest absolute Gasteiger partial charge is 0.352 e. The van der Waals surface area contributed by atoms with Crippen LogP contribution in [0.3, 0.4) is 0 Å². The molecule has 18 heavy (non-hydrogen) atoms. The molecule has 3 N–H and O–H groups in total. The van der Waals surface area contributed by atoms with Crippen LogP contribution in [0.1, 0.15) is 24.1 Å². The van der Waals surface area contributed by atoms with Crippen molar-refractivity contribution in [3.8, 4) is 0 Å². The molecule has 1 atom stereocenters. The summed E-state index contributed by atoms with van der Waals surface area (Å²) >= 11 is 0. The number of hydrogen-bond acceptors (Lipinski definition) is 2. The minimum Gasteiger partial charge on any atom is -0.354 e. The number of nitrogens with one attached hydrogen (secondary N) is 1. The molecular weight excluding hydrogens is 269 g/mol. The first-order valence-electron chi connectivity index (χ1n) is 4.96. The lowest BCUT2D eigenvalue weighted by molar-refractivity contribution is -0.146. The normalized spacial score (nSPS) is 12.6. The number of halogens is 4. The zero-order chi connectivity index (χ0) is 13.2. The van der Waals surface area contributed by atoms with Gasteiger partial charge in [0.15, 0.2) is 0 Å². The first-order valence-corrected chi connectivity index (χ1v) is 4.96. The van der Waals surface area contributed by atoms with E-state index in [0.717, 1.165) is 13.1 Å². The third-order valence-electron chi connectivity index (χ3n) is 2.37. The maximum Gasteiger partial charge on any atom is 0.352 e.